The summed E-state index contributed by atoms with van der Waals surface area (Å²) in [6, 6.07) is 0.235. The van der Waals surface area contributed by atoms with Crippen LogP contribution in [-0.2, 0) is 30.3 Å². The molecule has 3 aliphatic rings. The molecule has 0 saturated heterocycles. The number of Topliss-reactive ketones (excluding diaryl/α,β-unsaturated/α-hetero) is 4. The van der Waals surface area contributed by atoms with E-state index in [1.807, 2.05) is 0 Å². The van der Waals surface area contributed by atoms with Gasteiger partial charge in [-0.15, -0.1) is 0 Å². The molecule has 38 heavy (non-hydrogen) atoms. The summed E-state index contributed by atoms with van der Waals surface area (Å²) >= 11 is 0. The van der Waals surface area contributed by atoms with Crippen molar-refractivity contribution >= 4 is 40.7 Å². The summed E-state index contributed by atoms with van der Waals surface area (Å²) in [5.41, 5.74) is 2.84. The predicted octanol–water partition coefficient (Wildman–Crippen LogP) is -0.890. The number of nitrogens with two attached hydrogens (primary N) is 1. The van der Waals surface area contributed by atoms with E-state index in [1.54, 1.807) is 25.9 Å². The van der Waals surface area contributed by atoms with Gasteiger partial charge in [0.25, 0.3) is 0 Å². The van der Waals surface area contributed by atoms with Gasteiger partial charge < -0.3 is 25.6 Å². The van der Waals surface area contributed by atoms with E-state index in [4.69, 9.17) is 10.5 Å². The molecule has 2 fully saturated rings. The average molecular weight is 530 g/mol. The third-order valence-electron chi connectivity index (χ3n) is 8.01. The lowest BCUT2D eigenvalue weighted by atomic mass is 9.52. The first-order chi connectivity index (χ1) is 17.7. The normalized spacial score (nSPS) is 30.4. The molecule has 0 bridgehead atoms. The molecule has 0 radical (unpaired) electrons. The first-order valence-electron chi connectivity index (χ1n) is 12.3. The number of rotatable bonds is 5. The summed E-state index contributed by atoms with van der Waals surface area (Å²) in [7, 11) is 6.42. The Balaban J connectivity index is 1.91. The van der Waals surface area contributed by atoms with Crippen LogP contribution in [0.2, 0.25) is 0 Å². The Bertz CT molecular complexity index is 1290. The van der Waals surface area contributed by atoms with Crippen LogP contribution < -0.4 is 10.6 Å². The number of aliphatic hydroxyl groups is 1. The molecule has 2 saturated carbocycles. The highest BCUT2D eigenvalue weighted by atomic mass is 16.5. The highest BCUT2D eigenvalue weighted by molar-refractivity contribution is 6.32. The van der Waals surface area contributed by atoms with Crippen LogP contribution in [0.3, 0.4) is 0 Å². The number of hydrogen-bond acceptors (Lipinski definition) is 11. The van der Waals surface area contributed by atoms with Crippen molar-refractivity contribution in [2.75, 3.05) is 39.7 Å². The zero-order chi connectivity index (χ0) is 28.4. The fourth-order valence-corrected chi connectivity index (χ4v) is 6.42. The molecule has 4 rings (SSSR count). The van der Waals surface area contributed by atoms with Gasteiger partial charge in [0.1, 0.15) is 11.3 Å². The van der Waals surface area contributed by atoms with Crippen molar-refractivity contribution in [3.63, 3.8) is 0 Å². The summed E-state index contributed by atoms with van der Waals surface area (Å²) in [5, 5.41) is 22.6. The van der Waals surface area contributed by atoms with E-state index < -0.39 is 76.1 Å². The van der Waals surface area contributed by atoms with Crippen molar-refractivity contribution < 1.29 is 43.7 Å². The number of anilines is 1. The fraction of sp³-hybridized carbons (Fsp3) is 0.538. The Morgan fingerprint density at radius 2 is 1.76 bits per heavy atom. The molecule has 0 heterocycles. The third-order valence-corrected chi connectivity index (χ3v) is 8.01. The molecule has 12 nitrogen and oxygen atoms in total. The molecule has 2 unspecified atom stereocenters. The minimum absolute atomic E-state index is 0.0209. The van der Waals surface area contributed by atoms with Crippen molar-refractivity contribution in [3.8, 4) is 5.75 Å². The first kappa shape index (κ1) is 27.4. The highest BCUT2D eigenvalue weighted by Crippen LogP contribution is 2.52. The quantitative estimate of drug-likeness (QED) is 0.317. The summed E-state index contributed by atoms with van der Waals surface area (Å²) in [5.74, 6) is -12.5. The van der Waals surface area contributed by atoms with E-state index in [0.717, 1.165) is 0 Å². The number of phenolic OH excluding ortho intramolecular Hbond substituents is 1. The maximum atomic E-state index is 13.9. The van der Waals surface area contributed by atoms with Crippen LogP contribution in [0.4, 0.5) is 5.69 Å². The van der Waals surface area contributed by atoms with Gasteiger partial charge in [-0.2, -0.15) is 0 Å². The van der Waals surface area contributed by atoms with Gasteiger partial charge in [-0.3, -0.25) is 28.9 Å². The molecular weight excluding hydrogens is 498 g/mol. The number of ether oxygens (including phenoxy) is 1. The minimum Gasteiger partial charge on any atom is -0.506 e. The molecule has 1 aromatic carbocycles. The van der Waals surface area contributed by atoms with Crippen LogP contribution >= 0.6 is 0 Å². The second kappa shape index (κ2) is 9.28. The number of esters is 1. The molecule has 204 valence electrons. The zero-order valence-corrected chi connectivity index (χ0v) is 21.8. The van der Waals surface area contributed by atoms with Crippen LogP contribution in [0.15, 0.2) is 6.07 Å². The number of fused-ring (bicyclic) bond motifs is 3. The van der Waals surface area contributed by atoms with Crippen LogP contribution in [-0.4, -0.2) is 96.6 Å². The predicted molar refractivity (Wildman–Crippen MR) is 132 cm³/mol. The lowest BCUT2D eigenvalue weighted by Gasteiger charge is -2.52. The monoisotopic (exact) mass is 529 g/mol. The van der Waals surface area contributed by atoms with E-state index in [1.165, 1.54) is 25.1 Å². The van der Waals surface area contributed by atoms with E-state index in [-0.39, 0.29) is 30.6 Å². The van der Waals surface area contributed by atoms with Crippen LogP contribution in [0.25, 0.3) is 0 Å². The van der Waals surface area contributed by atoms with Gasteiger partial charge in [-0.25, -0.2) is 4.79 Å². The number of ketones is 4. The van der Waals surface area contributed by atoms with Gasteiger partial charge >= 0.3 is 5.97 Å². The molecule has 3 aliphatic carbocycles. The Kier molecular flexibility index (Phi) is 6.69. The molecule has 0 spiro atoms. The Hall–Kier alpha value is -3.64. The van der Waals surface area contributed by atoms with Crippen molar-refractivity contribution in [3.05, 3.63) is 22.8 Å². The number of carbonyl (C=O) groups excluding carboxylic acids is 6. The van der Waals surface area contributed by atoms with E-state index >= 15 is 0 Å². The molecule has 1 amide bonds. The minimum atomic E-state index is -2.81. The van der Waals surface area contributed by atoms with Crippen LogP contribution in [0, 0.1) is 23.7 Å². The highest BCUT2D eigenvalue weighted by Gasteiger charge is 2.69. The SMILES string of the molecule is CCOC(=O)c1cc(N(C)C)c2c(c1O)C(=O)C1C(=O)[C@]3(O)C(=O)C(C(N)=O)C(=O)[C@@H](N(C)C)[C@@H]3C[C@@H]1C2. The van der Waals surface area contributed by atoms with Gasteiger partial charge in [-0.05, 0) is 51.4 Å². The fourth-order valence-electron chi connectivity index (χ4n) is 6.42. The van der Waals surface area contributed by atoms with Gasteiger partial charge in [0.2, 0.25) is 5.91 Å². The van der Waals surface area contributed by atoms with Gasteiger partial charge in [0, 0.05) is 25.7 Å². The standard InChI is InChI=1S/C26H31N3O9/c1-6-38-25(36)12-9-14(28(2)3)11-7-10-8-13-18(29(4)5)21(32)17(24(27)35)23(34)26(13,37)22(33)15(10)20(31)16(11)19(12)30/h9-10,13,15,17-18,30,37H,6-8H2,1-5H3,(H2,27,35)/t10-,13-,15?,17?,18-,26-/m0/s1. The summed E-state index contributed by atoms with van der Waals surface area (Å²) in [6.07, 6.45) is 0.0349. The van der Waals surface area contributed by atoms with E-state index in [9.17, 15) is 39.0 Å². The number of aromatic hydroxyl groups is 1. The van der Waals surface area contributed by atoms with Gasteiger partial charge in [0.05, 0.1) is 24.1 Å². The number of likely N-dealkylation sites (N-methyl/N-ethyl adjacent to an activating group) is 1. The van der Waals surface area contributed by atoms with Crippen LogP contribution in [0.1, 0.15) is 39.6 Å². The Morgan fingerprint density at radius 3 is 2.29 bits per heavy atom. The first-order valence-corrected chi connectivity index (χ1v) is 12.3. The van der Waals surface area contributed by atoms with E-state index in [2.05, 4.69) is 0 Å². The molecule has 0 aliphatic heterocycles. The maximum absolute atomic E-state index is 13.9. The van der Waals surface area contributed by atoms with Crippen molar-refractivity contribution in [2.24, 2.45) is 29.4 Å². The Labute approximate surface area is 218 Å². The number of nitrogens with zero attached hydrogens (tertiary/aromatic N) is 2. The average Bonchev–Trinajstić information content (AvgIpc) is 2.81. The number of benzene rings is 1. The molecule has 6 atom stereocenters. The topological polar surface area (TPSA) is 185 Å². The number of amides is 1. The largest absolute Gasteiger partial charge is 0.506 e. The second-order valence-electron chi connectivity index (χ2n) is 10.5. The summed E-state index contributed by atoms with van der Waals surface area (Å²) in [6.45, 7) is 1.60. The lowest BCUT2D eigenvalue weighted by molar-refractivity contribution is -0.181. The maximum Gasteiger partial charge on any atom is 0.342 e. The van der Waals surface area contributed by atoms with Crippen molar-refractivity contribution in [1.29, 1.82) is 0 Å². The van der Waals surface area contributed by atoms with E-state index in [0.29, 0.717) is 11.3 Å². The molecule has 0 aromatic heterocycles. The third kappa shape index (κ3) is 3.65. The smallest absolute Gasteiger partial charge is 0.342 e. The number of carbonyl (C=O) groups is 6. The van der Waals surface area contributed by atoms with Crippen LogP contribution in [0.5, 0.6) is 5.75 Å². The number of hydrogen-bond donors (Lipinski definition) is 3. The number of phenols is 1. The second-order valence-corrected chi connectivity index (χ2v) is 10.5. The zero-order valence-electron chi connectivity index (χ0n) is 21.8. The summed E-state index contributed by atoms with van der Waals surface area (Å²) in [4.78, 5) is 81.9. The molecule has 4 N–H and O–H groups in total. The summed E-state index contributed by atoms with van der Waals surface area (Å²) < 4.78 is 5.02. The molecule has 1 aromatic rings. The molecular formula is C26H31N3O9. The lowest BCUT2D eigenvalue weighted by Crippen LogP contribution is -2.74. The molecule has 12 heteroatoms. The van der Waals surface area contributed by atoms with Gasteiger partial charge in [0.15, 0.2) is 34.7 Å². The number of primary amides is 1. The van der Waals surface area contributed by atoms with Crippen molar-refractivity contribution in [2.45, 2.75) is 31.4 Å². The van der Waals surface area contributed by atoms with Gasteiger partial charge in [-0.1, -0.05) is 0 Å². The Morgan fingerprint density at radius 1 is 1.13 bits per heavy atom. The van der Waals surface area contributed by atoms with Crippen molar-refractivity contribution in [1.82, 2.24) is 4.90 Å².